The largest absolute Gasteiger partial charge is 0.478 e. The maximum atomic E-state index is 12.3. The van der Waals surface area contributed by atoms with Crippen molar-refractivity contribution in [1.82, 2.24) is 20.0 Å². The van der Waals surface area contributed by atoms with E-state index in [1.807, 2.05) is 0 Å². The highest BCUT2D eigenvalue weighted by Crippen LogP contribution is 2.14. The number of carbonyl (C=O) groups is 2. The zero-order valence-electron chi connectivity index (χ0n) is 12.7. The first-order chi connectivity index (χ1) is 9.90. The molecule has 2 heterocycles. The Kier molecular flexibility index (Phi) is 4.62. The zero-order valence-corrected chi connectivity index (χ0v) is 12.7. The van der Waals surface area contributed by atoms with Crippen LogP contribution in [0.4, 0.5) is 0 Å². The molecule has 116 valence electrons. The van der Waals surface area contributed by atoms with Crippen LogP contribution in [0.1, 0.15) is 47.5 Å². The van der Waals surface area contributed by atoms with E-state index >= 15 is 0 Å². The van der Waals surface area contributed by atoms with Gasteiger partial charge in [-0.15, -0.1) is 0 Å². The average molecular weight is 294 g/mol. The molecule has 21 heavy (non-hydrogen) atoms. The smallest absolute Gasteiger partial charge is 0.339 e. The highest BCUT2D eigenvalue weighted by molar-refractivity contribution is 6.03. The van der Waals surface area contributed by atoms with E-state index in [4.69, 9.17) is 5.11 Å². The number of aryl methyl sites for hydroxylation is 1. The monoisotopic (exact) mass is 294 g/mol. The lowest BCUT2D eigenvalue weighted by Crippen LogP contribution is -2.47. The fourth-order valence-electron chi connectivity index (χ4n) is 2.68. The van der Waals surface area contributed by atoms with Gasteiger partial charge in [-0.1, -0.05) is 0 Å². The first kappa shape index (κ1) is 15.5. The number of aromatic nitrogens is 2. The van der Waals surface area contributed by atoms with Crippen molar-refractivity contribution in [2.75, 3.05) is 13.1 Å². The molecule has 2 N–H and O–H groups in total. The van der Waals surface area contributed by atoms with Gasteiger partial charge in [-0.3, -0.25) is 9.48 Å². The number of carboxylic acid groups (broad SMARTS) is 1. The van der Waals surface area contributed by atoms with E-state index in [1.165, 1.54) is 10.9 Å². The fourth-order valence-corrected chi connectivity index (χ4v) is 2.68. The first-order valence-corrected chi connectivity index (χ1v) is 7.20. The van der Waals surface area contributed by atoms with E-state index in [9.17, 15) is 9.59 Å². The van der Waals surface area contributed by atoms with Gasteiger partial charge in [-0.2, -0.15) is 5.10 Å². The van der Waals surface area contributed by atoms with Gasteiger partial charge in [0.2, 0.25) is 0 Å². The summed E-state index contributed by atoms with van der Waals surface area (Å²) in [7, 11) is 1.57. The van der Waals surface area contributed by atoms with Crippen molar-refractivity contribution in [2.45, 2.75) is 38.8 Å². The third-order valence-electron chi connectivity index (χ3n) is 3.98. The van der Waals surface area contributed by atoms with Crippen LogP contribution in [0.25, 0.3) is 0 Å². The molecule has 1 saturated heterocycles. The van der Waals surface area contributed by atoms with Crippen molar-refractivity contribution in [1.29, 1.82) is 0 Å². The summed E-state index contributed by atoms with van der Waals surface area (Å²) in [5.74, 6) is -1.50. The molecule has 7 nitrogen and oxygen atoms in total. The highest BCUT2D eigenvalue weighted by Gasteiger charge is 2.26. The molecule has 2 rings (SSSR count). The molecular formula is C14H22N4O3. The Hall–Kier alpha value is -1.89. The van der Waals surface area contributed by atoms with E-state index in [1.54, 1.807) is 7.05 Å². The van der Waals surface area contributed by atoms with Crippen LogP contribution in [-0.4, -0.2) is 56.8 Å². The Labute approximate surface area is 123 Å². The second-order valence-electron chi connectivity index (χ2n) is 5.71. The van der Waals surface area contributed by atoms with Crippen molar-refractivity contribution in [3.05, 3.63) is 17.5 Å². The molecule has 0 aliphatic carbocycles. The van der Waals surface area contributed by atoms with Gasteiger partial charge < -0.3 is 15.3 Å². The Morgan fingerprint density at radius 2 is 2.00 bits per heavy atom. The second-order valence-corrected chi connectivity index (χ2v) is 5.71. The van der Waals surface area contributed by atoms with Gasteiger partial charge >= 0.3 is 5.97 Å². The minimum atomic E-state index is -1.14. The maximum absolute atomic E-state index is 12.3. The molecular weight excluding hydrogens is 272 g/mol. The van der Waals surface area contributed by atoms with Crippen molar-refractivity contribution < 1.29 is 14.7 Å². The lowest BCUT2D eigenvalue weighted by molar-refractivity contribution is 0.0688. The normalized spacial score (nSPS) is 17.1. The quantitative estimate of drug-likeness (QED) is 0.854. The van der Waals surface area contributed by atoms with Crippen LogP contribution < -0.4 is 5.32 Å². The number of nitrogens with zero attached hydrogens (tertiary/aromatic N) is 3. The average Bonchev–Trinajstić information content (AvgIpc) is 2.81. The molecule has 0 saturated carbocycles. The van der Waals surface area contributed by atoms with Crippen molar-refractivity contribution in [3.63, 3.8) is 0 Å². The van der Waals surface area contributed by atoms with Crippen molar-refractivity contribution >= 4 is 11.9 Å². The van der Waals surface area contributed by atoms with E-state index in [0.29, 0.717) is 6.04 Å². The standard InChI is InChI=1S/C14H22N4O3/c1-9(2)18-6-4-10(5-7-18)16-13(19)12-11(14(20)21)8-15-17(12)3/h8-10H,4-7H2,1-3H3,(H,16,19)(H,20,21). The molecule has 1 amide bonds. The lowest BCUT2D eigenvalue weighted by Gasteiger charge is -2.34. The van der Waals surface area contributed by atoms with Gasteiger partial charge in [0, 0.05) is 32.2 Å². The van der Waals surface area contributed by atoms with Crippen LogP contribution in [0.3, 0.4) is 0 Å². The molecule has 0 radical (unpaired) electrons. The topological polar surface area (TPSA) is 87.5 Å². The number of hydrogen-bond acceptors (Lipinski definition) is 4. The van der Waals surface area contributed by atoms with Gasteiger partial charge in [0.25, 0.3) is 5.91 Å². The third kappa shape index (κ3) is 3.41. The Morgan fingerprint density at radius 3 is 2.52 bits per heavy atom. The first-order valence-electron chi connectivity index (χ1n) is 7.20. The molecule has 0 unspecified atom stereocenters. The number of nitrogens with one attached hydrogen (secondary N) is 1. The van der Waals surface area contributed by atoms with Gasteiger partial charge in [-0.05, 0) is 26.7 Å². The van der Waals surface area contributed by atoms with Crippen LogP contribution in [-0.2, 0) is 7.05 Å². The molecule has 1 aromatic rings. The van der Waals surface area contributed by atoms with E-state index in [-0.39, 0.29) is 23.2 Å². The maximum Gasteiger partial charge on any atom is 0.339 e. The highest BCUT2D eigenvalue weighted by atomic mass is 16.4. The van der Waals surface area contributed by atoms with Gasteiger partial charge in [0.15, 0.2) is 0 Å². The summed E-state index contributed by atoms with van der Waals surface area (Å²) in [6.45, 7) is 6.21. The number of likely N-dealkylation sites (tertiary alicyclic amines) is 1. The number of amides is 1. The molecule has 0 spiro atoms. The minimum Gasteiger partial charge on any atom is -0.478 e. The summed E-state index contributed by atoms with van der Waals surface area (Å²) in [5, 5.41) is 15.9. The zero-order chi connectivity index (χ0) is 15.6. The number of carboxylic acids is 1. The lowest BCUT2D eigenvalue weighted by atomic mass is 10.0. The van der Waals surface area contributed by atoms with Crippen LogP contribution in [0, 0.1) is 0 Å². The molecule has 1 aromatic heterocycles. The summed E-state index contributed by atoms with van der Waals surface area (Å²) >= 11 is 0. The molecule has 0 bridgehead atoms. The summed E-state index contributed by atoms with van der Waals surface area (Å²) in [5.41, 5.74) is 0.0448. The fraction of sp³-hybridized carbons (Fsp3) is 0.643. The van der Waals surface area contributed by atoms with E-state index < -0.39 is 5.97 Å². The van der Waals surface area contributed by atoms with Gasteiger partial charge in [0.05, 0.1) is 6.20 Å². The molecule has 1 aliphatic heterocycles. The summed E-state index contributed by atoms with van der Waals surface area (Å²) in [6.07, 6.45) is 2.97. The van der Waals surface area contributed by atoms with Gasteiger partial charge in [-0.25, -0.2) is 4.79 Å². The van der Waals surface area contributed by atoms with Crippen molar-refractivity contribution in [2.24, 2.45) is 7.05 Å². The van der Waals surface area contributed by atoms with Crippen LogP contribution in [0.5, 0.6) is 0 Å². The Morgan fingerprint density at radius 1 is 1.38 bits per heavy atom. The second kappa shape index (κ2) is 6.26. The Bertz CT molecular complexity index is 530. The van der Waals surface area contributed by atoms with E-state index in [2.05, 4.69) is 29.2 Å². The summed E-state index contributed by atoms with van der Waals surface area (Å²) in [6, 6.07) is 0.599. The third-order valence-corrected chi connectivity index (χ3v) is 3.98. The summed E-state index contributed by atoms with van der Waals surface area (Å²) < 4.78 is 1.31. The molecule has 0 aromatic carbocycles. The van der Waals surface area contributed by atoms with Crippen LogP contribution >= 0.6 is 0 Å². The number of piperidine rings is 1. The van der Waals surface area contributed by atoms with Gasteiger partial charge in [0.1, 0.15) is 11.3 Å². The predicted octanol–water partition coefficient (Wildman–Crippen LogP) is 0.721. The Balaban J connectivity index is 2.00. The van der Waals surface area contributed by atoms with Crippen molar-refractivity contribution in [3.8, 4) is 0 Å². The van der Waals surface area contributed by atoms with Crippen LogP contribution in [0.2, 0.25) is 0 Å². The molecule has 1 aliphatic rings. The number of aromatic carboxylic acids is 1. The number of rotatable bonds is 4. The number of carbonyl (C=O) groups excluding carboxylic acids is 1. The van der Waals surface area contributed by atoms with E-state index in [0.717, 1.165) is 25.9 Å². The molecule has 1 fully saturated rings. The minimum absolute atomic E-state index is 0.0605. The summed E-state index contributed by atoms with van der Waals surface area (Å²) in [4.78, 5) is 25.8. The predicted molar refractivity (Wildman–Crippen MR) is 77.4 cm³/mol. The molecule has 0 atom stereocenters. The van der Waals surface area contributed by atoms with Crippen LogP contribution in [0.15, 0.2) is 6.20 Å². The number of hydrogen-bond donors (Lipinski definition) is 2. The molecule has 7 heteroatoms. The SMILES string of the molecule is CC(C)N1CCC(NC(=O)c2c(C(=O)O)cnn2C)CC1.